The van der Waals surface area contributed by atoms with E-state index in [1.54, 1.807) is 6.92 Å². The van der Waals surface area contributed by atoms with Crippen molar-refractivity contribution < 1.29 is 9.87 Å². The topological polar surface area (TPSA) is 0 Å². The lowest BCUT2D eigenvalue weighted by molar-refractivity contribution is 0.497. The highest BCUT2D eigenvalue weighted by Crippen LogP contribution is 2.25. The first-order valence-electron chi connectivity index (χ1n) is 6.04. The monoisotopic (exact) mass is 168 g/mol. The molecule has 1 heteroatoms. The van der Waals surface area contributed by atoms with Gasteiger partial charge in [0.15, 0.2) is 0 Å². The maximum Gasteiger partial charge on any atom is 0.123 e. The van der Waals surface area contributed by atoms with Crippen molar-refractivity contribution in [2.24, 2.45) is 5.92 Å². The number of aryl methyl sites for hydroxylation is 1. The zero-order valence-electron chi connectivity index (χ0n) is 10.9. The molecule has 0 heterocycles. The summed E-state index contributed by atoms with van der Waals surface area (Å²) in [5.41, 5.74) is 0.852. The summed E-state index contributed by atoms with van der Waals surface area (Å²) in [5, 5.41) is 0. The van der Waals surface area contributed by atoms with Crippen molar-refractivity contribution in [1.82, 2.24) is 0 Å². The maximum atomic E-state index is 13.1. The van der Waals surface area contributed by atoms with Gasteiger partial charge in [-0.25, -0.2) is 4.39 Å². The Labute approximate surface area is 78.0 Å². The van der Waals surface area contributed by atoms with Crippen molar-refractivity contribution in [3.63, 3.8) is 0 Å². The Kier molecular flexibility index (Phi) is 1.06. The predicted molar refractivity (Wildman–Crippen MR) is 47.6 cm³/mol. The van der Waals surface area contributed by atoms with Gasteiger partial charge in [-0.1, -0.05) is 13.0 Å². The second-order valence-corrected chi connectivity index (χ2v) is 3.05. The predicted octanol–water partition coefficient (Wildman–Crippen LogP) is 2.95. The van der Waals surface area contributed by atoms with Crippen LogP contribution in [0.4, 0.5) is 4.39 Å². The number of halogens is 1. The van der Waals surface area contributed by atoms with Crippen molar-refractivity contribution >= 4 is 0 Å². The minimum absolute atomic E-state index is 0.0702. The second kappa shape index (κ2) is 2.89. The van der Waals surface area contributed by atoms with E-state index in [9.17, 15) is 4.39 Å². The Morgan fingerprint density at radius 2 is 2.33 bits per heavy atom. The highest BCUT2D eigenvalue weighted by molar-refractivity contribution is 5.30. The molecule has 12 heavy (non-hydrogen) atoms. The number of benzene rings is 1. The molecule has 0 aromatic heterocycles. The summed E-state index contributed by atoms with van der Waals surface area (Å²) in [7, 11) is 0. The third-order valence-corrected chi connectivity index (χ3v) is 2.04. The number of fused-ring (bicyclic) bond motifs is 1. The Morgan fingerprint density at radius 1 is 1.50 bits per heavy atom. The van der Waals surface area contributed by atoms with Gasteiger partial charge in [0, 0.05) is 5.48 Å². The van der Waals surface area contributed by atoms with E-state index in [2.05, 4.69) is 0 Å². The van der Waals surface area contributed by atoms with Crippen molar-refractivity contribution in [2.45, 2.75) is 26.1 Å². The van der Waals surface area contributed by atoms with Gasteiger partial charge in [-0.3, -0.25) is 0 Å². The first kappa shape index (κ1) is 4.40. The van der Waals surface area contributed by atoms with Gasteiger partial charge in [0.2, 0.25) is 0 Å². The molecule has 2 rings (SSSR count). The zero-order valence-corrected chi connectivity index (χ0v) is 6.89. The van der Waals surface area contributed by atoms with Gasteiger partial charge in [0.1, 0.15) is 5.82 Å². The number of hydrogen-bond donors (Lipinski definition) is 0. The Balaban J connectivity index is 2.61. The molecule has 1 aromatic carbocycles. The Morgan fingerprint density at radius 3 is 3.17 bits per heavy atom. The molecule has 0 spiro atoms. The largest absolute Gasteiger partial charge is 0.207 e. The molecule has 0 saturated heterocycles. The molecular weight excluding hydrogens is 151 g/mol. The highest BCUT2D eigenvalue weighted by atomic mass is 19.1. The van der Waals surface area contributed by atoms with Crippen LogP contribution in [-0.2, 0) is 12.8 Å². The van der Waals surface area contributed by atoms with Crippen LogP contribution in [0.15, 0.2) is 18.2 Å². The summed E-state index contributed by atoms with van der Waals surface area (Å²) >= 11 is 0. The molecule has 0 nitrogen and oxygen atoms in total. The molecule has 0 fully saturated rings. The van der Waals surface area contributed by atoms with E-state index in [1.165, 1.54) is 18.2 Å². The standard InChI is InChI=1S/C11H13F/c1-8-2-3-10-7-11(12)5-4-9(10)6-8/h4-5,7-8H,2-3,6H2,1H3/i2D2,6D2. The summed E-state index contributed by atoms with van der Waals surface area (Å²) in [4.78, 5) is 0. The van der Waals surface area contributed by atoms with Crippen LogP contribution in [0.3, 0.4) is 0 Å². The minimum atomic E-state index is -1.75. The molecular formula is C11H13F. The molecule has 1 aromatic rings. The van der Waals surface area contributed by atoms with Crippen LogP contribution in [0.5, 0.6) is 0 Å². The molecule has 0 aliphatic heterocycles. The molecule has 0 radical (unpaired) electrons. The minimum Gasteiger partial charge on any atom is -0.207 e. The fourth-order valence-corrected chi connectivity index (χ4v) is 1.40. The van der Waals surface area contributed by atoms with Crippen LogP contribution >= 0.6 is 0 Å². The van der Waals surface area contributed by atoms with Crippen LogP contribution < -0.4 is 0 Å². The molecule has 1 aliphatic rings. The lowest BCUT2D eigenvalue weighted by atomic mass is 9.85. The van der Waals surface area contributed by atoms with E-state index in [4.69, 9.17) is 5.48 Å². The normalized spacial score (nSPS) is 35.3. The lowest BCUT2D eigenvalue weighted by Crippen LogP contribution is -2.11. The molecule has 0 bridgehead atoms. The van der Waals surface area contributed by atoms with Crippen molar-refractivity contribution in [1.29, 1.82) is 0 Å². The van der Waals surface area contributed by atoms with Crippen molar-refractivity contribution in [3.05, 3.63) is 35.1 Å². The van der Waals surface area contributed by atoms with E-state index in [-0.39, 0.29) is 6.42 Å². The lowest BCUT2D eigenvalue weighted by Gasteiger charge is -2.20. The van der Waals surface area contributed by atoms with Crippen LogP contribution in [0.1, 0.15) is 29.9 Å². The maximum absolute atomic E-state index is 13.1. The number of hydrogen-bond acceptors (Lipinski definition) is 0. The first-order valence-corrected chi connectivity index (χ1v) is 4.04. The highest BCUT2D eigenvalue weighted by Gasteiger charge is 2.14. The summed E-state index contributed by atoms with van der Waals surface area (Å²) in [6, 6.07) is 3.89. The average Bonchev–Trinajstić information content (AvgIpc) is 2.13. The van der Waals surface area contributed by atoms with Gasteiger partial charge in [-0.05, 0) is 48.3 Å². The van der Waals surface area contributed by atoms with Gasteiger partial charge in [-0.2, -0.15) is 0 Å². The fraction of sp³-hybridized carbons (Fsp3) is 0.455. The van der Waals surface area contributed by atoms with Crippen LogP contribution in [-0.4, -0.2) is 0 Å². The smallest absolute Gasteiger partial charge is 0.123 e. The van der Waals surface area contributed by atoms with Gasteiger partial charge in [0.25, 0.3) is 0 Å². The van der Waals surface area contributed by atoms with E-state index in [1.807, 2.05) is 0 Å². The van der Waals surface area contributed by atoms with E-state index < -0.39 is 24.5 Å². The van der Waals surface area contributed by atoms with Crippen LogP contribution in [0.2, 0.25) is 0 Å². The SMILES string of the molecule is [2H]C1([2H])Cc2cc(F)ccc2C([2H])([2H])C1C. The Bertz CT molecular complexity index is 428. The summed E-state index contributed by atoms with van der Waals surface area (Å²) in [5.74, 6) is -1.18. The molecule has 0 amide bonds. The molecule has 64 valence electrons. The summed E-state index contributed by atoms with van der Waals surface area (Å²) in [6.45, 7) is 1.56. The van der Waals surface area contributed by atoms with Gasteiger partial charge < -0.3 is 0 Å². The molecule has 1 atom stereocenters. The number of rotatable bonds is 0. The third-order valence-electron chi connectivity index (χ3n) is 2.04. The summed E-state index contributed by atoms with van der Waals surface area (Å²) in [6.07, 6.45) is -3.31. The molecule has 0 N–H and O–H groups in total. The summed E-state index contributed by atoms with van der Waals surface area (Å²) < 4.78 is 44.5. The van der Waals surface area contributed by atoms with Crippen molar-refractivity contribution in [2.75, 3.05) is 0 Å². The van der Waals surface area contributed by atoms with E-state index in [0.717, 1.165) is 0 Å². The van der Waals surface area contributed by atoms with Gasteiger partial charge in [-0.15, -0.1) is 0 Å². The molecule has 1 aliphatic carbocycles. The van der Waals surface area contributed by atoms with E-state index in [0.29, 0.717) is 11.1 Å². The van der Waals surface area contributed by atoms with Crippen molar-refractivity contribution in [3.8, 4) is 0 Å². The van der Waals surface area contributed by atoms with Crippen LogP contribution in [0.25, 0.3) is 0 Å². The Hall–Kier alpha value is -0.850. The van der Waals surface area contributed by atoms with E-state index >= 15 is 0 Å². The molecule has 1 unspecified atom stereocenters. The average molecular weight is 168 g/mol. The third kappa shape index (κ3) is 1.36. The quantitative estimate of drug-likeness (QED) is 0.558. The van der Waals surface area contributed by atoms with Crippen LogP contribution in [0, 0.1) is 11.7 Å². The first-order chi connectivity index (χ1) is 7.25. The van der Waals surface area contributed by atoms with Gasteiger partial charge in [0.05, 0.1) is 0 Å². The second-order valence-electron chi connectivity index (χ2n) is 3.05. The van der Waals surface area contributed by atoms with Gasteiger partial charge >= 0.3 is 0 Å². The zero-order chi connectivity index (χ0) is 12.1. The molecule has 0 saturated carbocycles. The fourth-order valence-electron chi connectivity index (χ4n) is 1.40.